The van der Waals surface area contributed by atoms with Gasteiger partial charge >= 0.3 is 0 Å². The molecule has 0 aromatic carbocycles. The maximum absolute atomic E-state index is 4.51. The van der Waals surface area contributed by atoms with Crippen LogP contribution in [0.3, 0.4) is 0 Å². The zero-order chi connectivity index (χ0) is 8.36. The van der Waals surface area contributed by atoms with Crippen LogP contribution in [0, 0.1) is 0 Å². The molecule has 0 heterocycles. The van der Waals surface area contributed by atoms with Crippen LogP contribution in [0.2, 0.25) is 0 Å². The van der Waals surface area contributed by atoms with E-state index in [-0.39, 0.29) is 0 Å². The average molecular weight is 172 g/mol. The first-order chi connectivity index (χ1) is 5.41. The van der Waals surface area contributed by atoms with E-state index in [1.807, 2.05) is 0 Å². The van der Waals surface area contributed by atoms with Gasteiger partial charge in [0.2, 0.25) is 0 Å². The Bertz CT molecular complexity index is 83.6. The molecule has 0 saturated carbocycles. The Morgan fingerprint density at radius 1 is 1.09 bits per heavy atom. The van der Waals surface area contributed by atoms with Crippen molar-refractivity contribution >= 4 is 17.7 Å². The Labute approximate surface area is 75.6 Å². The molecular formula is C9H18NS. The number of unbranched alkanes of at least 4 members (excludes halogenated alkanes) is 5. The van der Waals surface area contributed by atoms with E-state index < -0.39 is 0 Å². The highest BCUT2D eigenvalue weighted by atomic mass is 32.1. The van der Waals surface area contributed by atoms with Crippen LogP contribution in [0.5, 0.6) is 0 Å². The van der Waals surface area contributed by atoms with Crippen molar-refractivity contribution in [3.63, 3.8) is 0 Å². The maximum atomic E-state index is 4.51. The van der Waals surface area contributed by atoms with Gasteiger partial charge in [-0.15, -0.1) is 0 Å². The van der Waals surface area contributed by atoms with Crippen LogP contribution in [-0.4, -0.2) is 12.0 Å². The molecule has 0 atom stereocenters. The molecular weight excluding hydrogens is 154 g/mol. The molecule has 1 nitrogen and oxygen atoms in total. The molecule has 0 aliphatic heterocycles. The van der Waals surface area contributed by atoms with Crippen LogP contribution in [0.25, 0.3) is 0 Å². The summed E-state index contributed by atoms with van der Waals surface area (Å²) in [5, 5.41) is 2.90. The molecule has 1 radical (unpaired) electrons. The summed E-state index contributed by atoms with van der Waals surface area (Å²) in [5.41, 5.74) is 2.50. The van der Waals surface area contributed by atoms with E-state index >= 15 is 0 Å². The molecule has 0 aliphatic carbocycles. The molecule has 0 fully saturated rings. The van der Waals surface area contributed by atoms with Crippen molar-refractivity contribution in [1.29, 1.82) is 0 Å². The lowest BCUT2D eigenvalue weighted by molar-refractivity contribution is 0.604. The number of hydrogen-bond donors (Lipinski definition) is 1. The molecule has 65 valence electrons. The molecule has 0 amide bonds. The van der Waals surface area contributed by atoms with Gasteiger partial charge in [-0.1, -0.05) is 51.2 Å². The number of nitrogens with one attached hydrogen (secondary N) is 1. The lowest BCUT2D eigenvalue weighted by Gasteiger charge is -1.99. The van der Waals surface area contributed by atoms with E-state index in [9.17, 15) is 0 Å². The summed E-state index contributed by atoms with van der Waals surface area (Å²) in [7, 11) is 0. The van der Waals surface area contributed by atoms with Crippen LogP contribution in [0.1, 0.15) is 45.4 Å². The Hall–Kier alpha value is -0.110. The van der Waals surface area contributed by atoms with Gasteiger partial charge in [0.15, 0.2) is 0 Å². The monoisotopic (exact) mass is 172 g/mol. The van der Waals surface area contributed by atoms with E-state index in [2.05, 4.69) is 29.9 Å². The summed E-state index contributed by atoms with van der Waals surface area (Å²) in [6.45, 7) is 3.23. The highest BCUT2D eigenvalue weighted by Gasteiger charge is 1.87. The predicted molar refractivity (Wildman–Crippen MR) is 54.0 cm³/mol. The van der Waals surface area contributed by atoms with E-state index in [1.54, 1.807) is 0 Å². The minimum Gasteiger partial charge on any atom is -0.374 e. The molecule has 2 heteroatoms. The fraction of sp³-hybridized carbons (Fsp3) is 0.889. The number of rotatable bonds is 8. The largest absolute Gasteiger partial charge is 0.374 e. The fourth-order valence-corrected chi connectivity index (χ4v) is 1.15. The highest BCUT2D eigenvalue weighted by Crippen LogP contribution is 2.03. The molecule has 0 aromatic heterocycles. The molecule has 0 saturated heterocycles. The Kier molecular flexibility index (Phi) is 9.79. The van der Waals surface area contributed by atoms with Crippen LogP contribution in [-0.2, 0) is 0 Å². The van der Waals surface area contributed by atoms with Gasteiger partial charge in [-0.3, -0.25) is 0 Å². The number of thiocarbonyl (C=S) groups is 1. The van der Waals surface area contributed by atoms with Crippen LogP contribution in [0.15, 0.2) is 0 Å². The fourth-order valence-electron chi connectivity index (χ4n) is 1.04. The van der Waals surface area contributed by atoms with E-state index in [0.29, 0.717) is 0 Å². The molecule has 11 heavy (non-hydrogen) atoms. The molecule has 1 N–H and O–H groups in total. The highest BCUT2D eigenvalue weighted by molar-refractivity contribution is 7.78. The Morgan fingerprint density at radius 2 is 1.73 bits per heavy atom. The van der Waals surface area contributed by atoms with E-state index in [1.165, 1.54) is 38.5 Å². The minimum absolute atomic E-state index is 0.996. The normalized spacial score (nSPS) is 9.55. The van der Waals surface area contributed by atoms with Gasteiger partial charge in [0.25, 0.3) is 0 Å². The first kappa shape index (κ1) is 10.9. The van der Waals surface area contributed by atoms with E-state index in [4.69, 9.17) is 0 Å². The second-order valence-electron chi connectivity index (χ2n) is 2.80. The average Bonchev–Trinajstić information content (AvgIpc) is 2.03. The topological polar surface area (TPSA) is 12.0 Å². The van der Waals surface area contributed by atoms with Gasteiger partial charge in [-0.25, -0.2) is 0 Å². The van der Waals surface area contributed by atoms with Gasteiger partial charge in [-0.05, 0) is 6.42 Å². The van der Waals surface area contributed by atoms with Gasteiger partial charge in [0.1, 0.15) is 5.49 Å². The summed E-state index contributed by atoms with van der Waals surface area (Å²) in [6, 6.07) is 0. The third-order valence-electron chi connectivity index (χ3n) is 1.73. The van der Waals surface area contributed by atoms with Crippen molar-refractivity contribution in [3.05, 3.63) is 0 Å². The SMILES string of the molecule is CCCCCCCCN[C]=S. The summed E-state index contributed by atoms with van der Waals surface area (Å²) in [6.07, 6.45) is 8.01. The second-order valence-corrected chi connectivity index (χ2v) is 3.00. The van der Waals surface area contributed by atoms with Crippen molar-refractivity contribution in [2.45, 2.75) is 45.4 Å². The molecule has 0 unspecified atom stereocenters. The van der Waals surface area contributed by atoms with Gasteiger partial charge in [0, 0.05) is 6.54 Å². The lowest BCUT2D eigenvalue weighted by atomic mass is 10.1. The maximum Gasteiger partial charge on any atom is 0.134 e. The first-order valence-corrected chi connectivity index (χ1v) is 4.92. The smallest absolute Gasteiger partial charge is 0.134 e. The standard InChI is InChI=1S/C9H18NS/c1-2-3-4-5-6-7-8-10-9-11/h2-8H2,1H3,(H,10,11). The van der Waals surface area contributed by atoms with Crippen molar-refractivity contribution in [3.8, 4) is 0 Å². The molecule has 0 aromatic rings. The molecule has 0 bridgehead atoms. The van der Waals surface area contributed by atoms with Gasteiger partial charge in [0.05, 0.1) is 0 Å². The predicted octanol–water partition coefficient (Wildman–Crippen LogP) is 2.77. The summed E-state index contributed by atoms with van der Waals surface area (Å²) in [4.78, 5) is 0. The lowest BCUT2D eigenvalue weighted by Crippen LogP contribution is -2.10. The first-order valence-electron chi connectivity index (χ1n) is 4.51. The Balaban J connectivity index is 2.74. The zero-order valence-corrected chi connectivity index (χ0v) is 8.17. The van der Waals surface area contributed by atoms with E-state index in [0.717, 1.165) is 6.54 Å². The van der Waals surface area contributed by atoms with Gasteiger partial charge in [-0.2, -0.15) is 0 Å². The van der Waals surface area contributed by atoms with Crippen LogP contribution >= 0.6 is 12.2 Å². The van der Waals surface area contributed by atoms with Gasteiger partial charge < -0.3 is 5.32 Å². The third-order valence-corrected chi connectivity index (χ3v) is 1.87. The van der Waals surface area contributed by atoms with Crippen molar-refractivity contribution in [2.24, 2.45) is 0 Å². The zero-order valence-electron chi connectivity index (χ0n) is 7.36. The van der Waals surface area contributed by atoms with Crippen molar-refractivity contribution in [1.82, 2.24) is 5.32 Å². The quantitative estimate of drug-likeness (QED) is 0.343. The third kappa shape index (κ3) is 9.89. The molecule has 0 aliphatic rings. The second kappa shape index (κ2) is 9.89. The summed E-state index contributed by atoms with van der Waals surface area (Å²) in [5.74, 6) is 0. The summed E-state index contributed by atoms with van der Waals surface area (Å²) < 4.78 is 0. The van der Waals surface area contributed by atoms with Crippen LogP contribution < -0.4 is 5.32 Å². The molecule has 0 spiro atoms. The van der Waals surface area contributed by atoms with Crippen molar-refractivity contribution < 1.29 is 0 Å². The van der Waals surface area contributed by atoms with Crippen molar-refractivity contribution in [2.75, 3.05) is 6.54 Å². The molecule has 0 rings (SSSR count). The Morgan fingerprint density at radius 3 is 2.36 bits per heavy atom. The minimum atomic E-state index is 0.996. The number of hydrogen-bond acceptors (Lipinski definition) is 1. The van der Waals surface area contributed by atoms with Crippen LogP contribution in [0.4, 0.5) is 0 Å². The summed E-state index contributed by atoms with van der Waals surface area (Å²) >= 11 is 4.51.